The average molecular weight is 431 g/mol. The van der Waals surface area contributed by atoms with Gasteiger partial charge in [0.2, 0.25) is 11.8 Å². The van der Waals surface area contributed by atoms with Gasteiger partial charge in [-0.3, -0.25) is 9.59 Å². The van der Waals surface area contributed by atoms with Crippen molar-refractivity contribution in [2.75, 3.05) is 27.9 Å². The van der Waals surface area contributed by atoms with Crippen molar-refractivity contribution in [1.82, 2.24) is 10.6 Å². The SMILES string of the molecule is COc1cc(OC)c(OC)cc1CNC(=O)CNC(=O)CC12CC3CC(CC(C3)C1)C2. The summed E-state index contributed by atoms with van der Waals surface area (Å²) in [6.07, 6.45) is 8.23. The standard InChI is InChI=1S/C24H34N2O5/c1-29-19-8-21(31-3)20(30-2)7-18(19)13-25-23(28)14-26-22(27)12-24-9-15-4-16(10-24)6-17(5-15)11-24/h7-8,15-17H,4-6,9-14H2,1-3H3,(H,25,28)(H,26,27). The van der Waals surface area contributed by atoms with Crippen LogP contribution in [-0.4, -0.2) is 39.7 Å². The summed E-state index contributed by atoms with van der Waals surface area (Å²) in [5.74, 6) is 3.96. The van der Waals surface area contributed by atoms with Crippen LogP contribution in [-0.2, 0) is 16.1 Å². The first-order chi connectivity index (χ1) is 14.9. The number of amides is 2. The zero-order valence-electron chi connectivity index (χ0n) is 18.8. The molecule has 31 heavy (non-hydrogen) atoms. The summed E-state index contributed by atoms with van der Waals surface area (Å²) in [5.41, 5.74) is 0.955. The van der Waals surface area contributed by atoms with Crippen molar-refractivity contribution in [3.63, 3.8) is 0 Å². The molecule has 4 fully saturated rings. The van der Waals surface area contributed by atoms with E-state index in [-0.39, 0.29) is 30.3 Å². The van der Waals surface area contributed by atoms with E-state index in [1.165, 1.54) is 38.5 Å². The number of methoxy groups -OCH3 is 3. The topological polar surface area (TPSA) is 85.9 Å². The summed E-state index contributed by atoms with van der Waals surface area (Å²) >= 11 is 0. The molecule has 4 saturated carbocycles. The molecular weight excluding hydrogens is 396 g/mol. The number of carbonyl (C=O) groups is 2. The van der Waals surface area contributed by atoms with E-state index in [0.717, 1.165) is 23.3 Å². The highest BCUT2D eigenvalue weighted by Gasteiger charge is 2.51. The molecule has 0 saturated heterocycles. The first-order valence-electron chi connectivity index (χ1n) is 11.3. The molecule has 4 aliphatic rings. The molecule has 1 aromatic carbocycles. The summed E-state index contributed by atoms with van der Waals surface area (Å²) in [6, 6.07) is 3.51. The van der Waals surface area contributed by atoms with Gasteiger partial charge in [0.1, 0.15) is 5.75 Å². The monoisotopic (exact) mass is 430 g/mol. The predicted octanol–water partition coefficient (Wildman–Crippen LogP) is 3.05. The molecule has 0 aliphatic heterocycles. The zero-order chi connectivity index (χ0) is 22.0. The van der Waals surface area contributed by atoms with Gasteiger partial charge in [0.15, 0.2) is 11.5 Å². The van der Waals surface area contributed by atoms with E-state index >= 15 is 0 Å². The number of nitrogens with one attached hydrogen (secondary N) is 2. The van der Waals surface area contributed by atoms with Crippen LogP contribution in [0.4, 0.5) is 0 Å². The molecule has 7 heteroatoms. The number of ether oxygens (including phenoxy) is 3. The first-order valence-corrected chi connectivity index (χ1v) is 11.3. The van der Waals surface area contributed by atoms with E-state index in [1.54, 1.807) is 33.5 Å². The van der Waals surface area contributed by atoms with Crippen LogP contribution in [0.15, 0.2) is 12.1 Å². The minimum atomic E-state index is -0.226. The van der Waals surface area contributed by atoms with Crippen LogP contribution in [0.3, 0.4) is 0 Å². The molecule has 4 bridgehead atoms. The van der Waals surface area contributed by atoms with Crippen molar-refractivity contribution < 1.29 is 23.8 Å². The van der Waals surface area contributed by atoms with Gasteiger partial charge >= 0.3 is 0 Å². The fourth-order valence-electron chi connectivity index (χ4n) is 6.58. The molecule has 2 N–H and O–H groups in total. The summed E-state index contributed by atoms with van der Waals surface area (Å²) in [7, 11) is 4.69. The molecule has 1 aromatic rings. The predicted molar refractivity (Wildman–Crippen MR) is 116 cm³/mol. The molecule has 2 amide bonds. The van der Waals surface area contributed by atoms with Gasteiger partial charge in [0.25, 0.3) is 0 Å². The Morgan fingerprint density at radius 1 is 0.839 bits per heavy atom. The molecule has 0 spiro atoms. The van der Waals surface area contributed by atoms with E-state index in [2.05, 4.69) is 10.6 Å². The fraction of sp³-hybridized carbons (Fsp3) is 0.667. The van der Waals surface area contributed by atoms with Gasteiger partial charge in [-0.25, -0.2) is 0 Å². The largest absolute Gasteiger partial charge is 0.496 e. The van der Waals surface area contributed by atoms with Gasteiger partial charge in [0, 0.05) is 24.6 Å². The van der Waals surface area contributed by atoms with Crippen LogP contribution in [0.5, 0.6) is 17.2 Å². The van der Waals surface area contributed by atoms with Crippen LogP contribution in [0.1, 0.15) is 50.5 Å². The normalized spacial score (nSPS) is 28.2. The molecule has 4 aliphatic carbocycles. The van der Waals surface area contributed by atoms with E-state index in [4.69, 9.17) is 14.2 Å². The maximum absolute atomic E-state index is 12.6. The lowest BCUT2D eigenvalue weighted by Crippen LogP contribution is -2.48. The highest BCUT2D eigenvalue weighted by Crippen LogP contribution is 2.61. The second kappa shape index (κ2) is 8.97. The summed E-state index contributed by atoms with van der Waals surface area (Å²) in [6.45, 7) is 0.258. The van der Waals surface area contributed by atoms with E-state index in [9.17, 15) is 9.59 Å². The van der Waals surface area contributed by atoms with Gasteiger partial charge in [0.05, 0.1) is 27.9 Å². The van der Waals surface area contributed by atoms with Crippen molar-refractivity contribution in [1.29, 1.82) is 0 Å². The Morgan fingerprint density at radius 2 is 1.39 bits per heavy atom. The Kier molecular flexibility index (Phi) is 6.30. The molecular formula is C24H34N2O5. The lowest BCUT2D eigenvalue weighted by Gasteiger charge is -2.56. The third-order valence-electron chi connectivity index (χ3n) is 7.41. The lowest BCUT2D eigenvalue weighted by atomic mass is 9.49. The highest BCUT2D eigenvalue weighted by molar-refractivity contribution is 5.85. The van der Waals surface area contributed by atoms with Gasteiger partial charge in [-0.15, -0.1) is 0 Å². The van der Waals surface area contributed by atoms with Gasteiger partial charge in [-0.2, -0.15) is 0 Å². The maximum Gasteiger partial charge on any atom is 0.239 e. The highest BCUT2D eigenvalue weighted by atomic mass is 16.5. The molecule has 0 atom stereocenters. The Morgan fingerprint density at radius 3 is 1.94 bits per heavy atom. The van der Waals surface area contributed by atoms with Crippen molar-refractivity contribution >= 4 is 11.8 Å². The van der Waals surface area contributed by atoms with E-state index < -0.39 is 0 Å². The van der Waals surface area contributed by atoms with Gasteiger partial charge in [-0.1, -0.05) is 0 Å². The second-order valence-electron chi connectivity index (χ2n) is 9.67. The summed E-state index contributed by atoms with van der Waals surface area (Å²) < 4.78 is 16.0. The Hall–Kier alpha value is -2.44. The van der Waals surface area contributed by atoms with Crippen LogP contribution < -0.4 is 24.8 Å². The van der Waals surface area contributed by atoms with E-state index in [1.807, 2.05) is 0 Å². The summed E-state index contributed by atoms with van der Waals surface area (Å²) in [4.78, 5) is 25.0. The number of rotatable bonds is 9. The molecule has 0 radical (unpaired) electrons. The van der Waals surface area contributed by atoms with Crippen molar-refractivity contribution in [3.05, 3.63) is 17.7 Å². The number of hydrogen-bond acceptors (Lipinski definition) is 5. The number of benzene rings is 1. The first kappa shape index (κ1) is 21.8. The Bertz CT molecular complexity index is 802. The lowest BCUT2D eigenvalue weighted by molar-refractivity contribution is -0.131. The maximum atomic E-state index is 12.6. The average Bonchev–Trinajstić information content (AvgIpc) is 2.74. The van der Waals surface area contributed by atoms with Gasteiger partial charge < -0.3 is 24.8 Å². The molecule has 0 aromatic heterocycles. The Labute approximate surface area is 184 Å². The van der Waals surface area contributed by atoms with Crippen molar-refractivity contribution in [2.24, 2.45) is 23.2 Å². The van der Waals surface area contributed by atoms with Crippen molar-refractivity contribution in [3.8, 4) is 17.2 Å². The quantitative estimate of drug-likeness (QED) is 0.629. The summed E-state index contributed by atoms with van der Waals surface area (Å²) in [5, 5.41) is 5.68. The molecule has 5 rings (SSSR count). The third-order valence-corrected chi connectivity index (χ3v) is 7.41. The minimum Gasteiger partial charge on any atom is -0.496 e. The second-order valence-corrected chi connectivity index (χ2v) is 9.67. The smallest absolute Gasteiger partial charge is 0.239 e. The molecule has 170 valence electrons. The van der Waals surface area contributed by atoms with Gasteiger partial charge in [-0.05, 0) is 67.8 Å². The fourth-order valence-corrected chi connectivity index (χ4v) is 6.58. The molecule has 0 unspecified atom stereocenters. The molecule has 0 heterocycles. The third kappa shape index (κ3) is 4.75. The zero-order valence-corrected chi connectivity index (χ0v) is 18.8. The van der Waals surface area contributed by atoms with Crippen LogP contribution in [0.25, 0.3) is 0 Å². The molecule has 7 nitrogen and oxygen atoms in total. The van der Waals surface area contributed by atoms with Crippen molar-refractivity contribution in [2.45, 2.75) is 51.5 Å². The number of carbonyl (C=O) groups excluding carboxylic acids is 2. The van der Waals surface area contributed by atoms with E-state index in [0.29, 0.717) is 23.7 Å². The Balaban J connectivity index is 1.27. The van der Waals surface area contributed by atoms with Crippen LogP contribution in [0, 0.1) is 23.2 Å². The van der Waals surface area contributed by atoms with Crippen LogP contribution in [0.2, 0.25) is 0 Å². The minimum absolute atomic E-state index is 0.000738. The number of hydrogen-bond donors (Lipinski definition) is 2. The van der Waals surface area contributed by atoms with Crippen LogP contribution >= 0.6 is 0 Å².